The third-order valence-corrected chi connectivity index (χ3v) is 5.19. The second kappa shape index (κ2) is 5.53. The maximum absolute atomic E-state index is 11.4. The molecule has 0 aliphatic heterocycles. The van der Waals surface area contributed by atoms with Crippen LogP contribution in [0.3, 0.4) is 0 Å². The first kappa shape index (κ1) is 14.4. The van der Waals surface area contributed by atoms with Gasteiger partial charge < -0.3 is 5.32 Å². The summed E-state index contributed by atoms with van der Waals surface area (Å²) < 4.78 is 22.8. The van der Waals surface area contributed by atoms with Gasteiger partial charge >= 0.3 is 0 Å². The number of sulfone groups is 1. The summed E-state index contributed by atoms with van der Waals surface area (Å²) >= 11 is 0. The maximum Gasteiger partial charge on any atom is 0.175 e. The van der Waals surface area contributed by atoms with Gasteiger partial charge in [0, 0.05) is 18.0 Å². The highest BCUT2D eigenvalue weighted by Gasteiger charge is 2.25. The van der Waals surface area contributed by atoms with Crippen molar-refractivity contribution in [1.82, 2.24) is 0 Å². The molecule has 0 heterocycles. The normalized spacial score (nSPS) is 28.1. The smallest absolute Gasteiger partial charge is 0.175 e. The Balaban J connectivity index is 2.04. The molecule has 3 atom stereocenters. The molecule has 2 rings (SSSR count). The number of hydrogen-bond acceptors (Lipinski definition) is 3. The molecule has 1 fully saturated rings. The Hall–Kier alpha value is -1.03. The second-order valence-electron chi connectivity index (χ2n) is 5.94. The summed E-state index contributed by atoms with van der Waals surface area (Å²) in [4.78, 5) is 0.378. The van der Waals surface area contributed by atoms with Crippen molar-refractivity contribution in [3.05, 3.63) is 24.3 Å². The molecule has 1 aliphatic rings. The second-order valence-corrected chi connectivity index (χ2v) is 7.96. The molecule has 0 radical (unpaired) electrons. The molecule has 3 unspecified atom stereocenters. The van der Waals surface area contributed by atoms with Crippen molar-refractivity contribution < 1.29 is 8.42 Å². The Morgan fingerprint density at radius 2 is 1.74 bits per heavy atom. The highest BCUT2D eigenvalue weighted by molar-refractivity contribution is 7.90. The van der Waals surface area contributed by atoms with Crippen LogP contribution in [-0.2, 0) is 9.84 Å². The average molecular weight is 281 g/mol. The van der Waals surface area contributed by atoms with E-state index in [0.29, 0.717) is 16.9 Å². The van der Waals surface area contributed by atoms with Crippen LogP contribution in [0.5, 0.6) is 0 Å². The Kier molecular flexibility index (Phi) is 4.19. The summed E-state index contributed by atoms with van der Waals surface area (Å²) in [5.41, 5.74) is 1.01. The van der Waals surface area contributed by atoms with E-state index < -0.39 is 9.84 Å². The van der Waals surface area contributed by atoms with E-state index in [1.807, 2.05) is 12.1 Å². The summed E-state index contributed by atoms with van der Waals surface area (Å²) in [6.45, 7) is 4.60. The molecule has 1 aromatic carbocycles. The minimum Gasteiger partial charge on any atom is -0.382 e. The Morgan fingerprint density at radius 1 is 1.11 bits per heavy atom. The van der Waals surface area contributed by atoms with Crippen LogP contribution in [-0.4, -0.2) is 20.7 Å². The third kappa shape index (κ3) is 3.72. The summed E-state index contributed by atoms with van der Waals surface area (Å²) in [6.07, 6.45) is 4.96. The van der Waals surface area contributed by atoms with Crippen molar-refractivity contribution in [2.24, 2.45) is 11.8 Å². The Labute approximate surface area is 116 Å². The number of nitrogens with one attached hydrogen (secondary N) is 1. The summed E-state index contributed by atoms with van der Waals surface area (Å²) in [7, 11) is -3.10. The Morgan fingerprint density at radius 3 is 2.26 bits per heavy atom. The van der Waals surface area contributed by atoms with Gasteiger partial charge in [0.25, 0.3) is 0 Å². The van der Waals surface area contributed by atoms with Crippen LogP contribution in [0.1, 0.15) is 33.1 Å². The van der Waals surface area contributed by atoms with E-state index >= 15 is 0 Å². The van der Waals surface area contributed by atoms with E-state index in [-0.39, 0.29) is 0 Å². The van der Waals surface area contributed by atoms with Gasteiger partial charge in [0.15, 0.2) is 9.84 Å². The standard InChI is InChI=1S/C15H23NO2S/c1-11-4-9-15(12(2)10-11)16-13-5-7-14(8-6-13)19(3,17)18/h5-8,11-12,15-16H,4,9-10H2,1-3H3. The van der Waals surface area contributed by atoms with Crippen molar-refractivity contribution in [3.63, 3.8) is 0 Å². The van der Waals surface area contributed by atoms with E-state index in [2.05, 4.69) is 19.2 Å². The molecule has 0 bridgehead atoms. The fourth-order valence-electron chi connectivity index (χ4n) is 2.89. The number of rotatable bonds is 3. The van der Waals surface area contributed by atoms with Crippen molar-refractivity contribution in [2.75, 3.05) is 11.6 Å². The molecule has 1 aromatic rings. The summed E-state index contributed by atoms with van der Waals surface area (Å²) in [5, 5.41) is 3.54. The summed E-state index contributed by atoms with van der Waals surface area (Å²) in [6, 6.07) is 7.57. The molecule has 0 amide bonds. The van der Waals surface area contributed by atoms with Gasteiger partial charge in [-0.2, -0.15) is 0 Å². The minimum absolute atomic E-state index is 0.378. The monoisotopic (exact) mass is 281 g/mol. The lowest BCUT2D eigenvalue weighted by Gasteiger charge is -2.33. The SMILES string of the molecule is CC1CCC(Nc2ccc(S(C)(=O)=O)cc2)C(C)C1. The van der Waals surface area contributed by atoms with Gasteiger partial charge in [0.2, 0.25) is 0 Å². The molecule has 1 saturated carbocycles. The van der Waals surface area contributed by atoms with E-state index in [0.717, 1.165) is 11.6 Å². The van der Waals surface area contributed by atoms with Gasteiger partial charge in [0.05, 0.1) is 4.90 Å². The van der Waals surface area contributed by atoms with Gasteiger partial charge in [-0.25, -0.2) is 8.42 Å². The number of anilines is 1. The molecule has 0 spiro atoms. The molecule has 106 valence electrons. The van der Waals surface area contributed by atoms with E-state index in [1.165, 1.54) is 25.5 Å². The molecule has 0 saturated heterocycles. The zero-order chi connectivity index (χ0) is 14.0. The van der Waals surface area contributed by atoms with Crippen LogP contribution >= 0.6 is 0 Å². The Bertz CT molecular complexity index is 522. The first-order chi connectivity index (χ1) is 8.86. The number of benzene rings is 1. The average Bonchev–Trinajstić information content (AvgIpc) is 2.32. The lowest BCUT2D eigenvalue weighted by atomic mass is 9.80. The van der Waals surface area contributed by atoms with Crippen LogP contribution < -0.4 is 5.32 Å². The minimum atomic E-state index is -3.10. The molecule has 3 nitrogen and oxygen atoms in total. The first-order valence-corrected chi connectivity index (χ1v) is 8.82. The fourth-order valence-corrected chi connectivity index (χ4v) is 3.52. The largest absolute Gasteiger partial charge is 0.382 e. The maximum atomic E-state index is 11.4. The van der Waals surface area contributed by atoms with Crippen molar-refractivity contribution >= 4 is 15.5 Å². The highest BCUT2D eigenvalue weighted by atomic mass is 32.2. The lowest BCUT2D eigenvalue weighted by molar-refractivity contribution is 0.276. The van der Waals surface area contributed by atoms with E-state index in [1.54, 1.807) is 12.1 Å². The van der Waals surface area contributed by atoms with Gasteiger partial charge in [-0.05, 0) is 55.4 Å². The van der Waals surface area contributed by atoms with Gasteiger partial charge in [-0.1, -0.05) is 13.8 Å². The predicted octanol–water partition coefficient (Wildman–Crippen LogP) is 3.33. The predicted molar refractivity (Wildman–Crippen MR) is 79.1 cm³/mol. The number of hydrogen-bond donors (Lipinski definition) is 1. The highest BCUT2D eigenvalue weighted by Crippen LogP contribution is 2.30. The van der Waals surface area contributed by atoms with E-state index in [4.69, 9.17) is 0 Å². The zero-order valence-corrected chi connectivity index (χ0v) is 12.7. The first-order valence-electron chi connectivity index (χ1n) is 6.93. The molecular weight excluding hydrogens is 258 g/mol. The van der Waals surface area contributed by atoms with Crippen molar-refractivity contribution in [1.29, 1.82) is 0 Å². The molecule has 0 aromatic heterocycles. The summed E-state index contributed by atoms with van der Waals surface area (Å²) in [5.74, 6) is 1.49. The van der Waals surface area contributed by atoms with Crippen molar-refractivity contribution in [2.45, 2.75) is 44.0 Å². The van der Waals surface area contributed by atoms with Crippen LogP contribution in [0, 0.1) is 11.8 Å². The fraction of sp³-hybridized carbons (Fsp3) is 0.600. The van der Waals surface area contributed by atoms with Gasteiger partial charge in [0.1, 0.15) is 0 Å². The lowest BCUT2D eigenvalue weighted by Crippen LogP contribution is -2.32. The molecule has 1 N–H and O–H groups in total. The molecule has 1 aliphatic carbocycles. The molecule has 4 heteroatoms. The van der Waals surface area contributed by atoms with Crippen LogP contribution in [0.15, 0.2) is 29.2 Å². The topological polar surface area (TPSA) is 46.2 Å². The van der Waals surface area contributed by atoms with Gasteiger partial charge in [-0.3, -0.25) is 0 Å². The van der Waals surface area contributed by atoms with Crippen LogP contribution in [0.4, 0.5) is 5.69 Å². The zero-order valence-electron chi connectivity index (χ0n) is 11.9. The van der Waals surface area contributed by atoms with Crippen LogP contribution in [0.2, 0.25) is 0 Å². The van der Waals surface area contributed by atoms with Crippen molar-refractivity contribution in [3.8, 4) is 0 Å². The van der Waals surface area contributed by atoms with E-state index in [9.17, 15) is 8.42 Å². The molecular formula is C15H23NO2S. The van der Waals surface area contributed by atoms with Crippen LogP contribution in [0.25, 0.3) is 0 Å². The molecule has 19 heavy (non-hydrogen) atoms. The van der Waals surface area contributed by atoms with Gasteiger partial charge in [-0.15, -0.1) is 0 Å². The quantitative estimate of drug-likeness (QED) is 0.924. The third-order valence-electron chi connectivity index (χ3n) is 4.07.